The third-order valence-electron chi connectivity index (χ3n) is 5.75. The Labute approximate surface area is 210 Å². The molecule has 1 N–H and O–H groups in total. The van der Waals surface area contributed by atoms with Gasteiger partial charge in [0, 0.05) is 24.3 Å². The Morgan fingerprint density at radius 2 is 2.03 bits per heavy atom. The summed E-state index contributed by atoms with van der Waals surface area (Å²) in [4.78, 5) is 0. The Hall–Kier alpha value is -2.84. The number of hydrogen-bond donors (Lipinski definition) is 1. The summed E-state index contributed by atoms with van der Waals surface area (Å²) in [5.74, 6) is 0.479. The van der Waals surface area contributed by atoms with Crippen LogP contribution in [0.4, 0.5) is 0 Å². The van der Waals surface area contributed by atoms with E-state index in [1.165, 1.54) is 18.4 Å². The van der Waals surface area contributed by atoms with Gasteiger partial charge in [-0.3, -0.25) is 0 Å². The minimum absolute atomic E-state index is 0.0291. The predicted molar refractivity (Wildman–Crippen MR) is 136 cm³/mol. The minimum atomic E-state index is -3.45. The zero-order valence-electron chi connectivity index (χ0n) is 19.9. The Kier molecular flexibility index (Phi) is 7.82. The molecular weight excluding hydrogens is 484 g/mol. The minimum Gasteiger partial charge on any atom is -0.490 e. The topological polar surface area (TPSA) is 114 Å². The molecule has 4 rings (SSSR count). The van der Waals surface area contributed by atoms with E-state index >= 15 is 0 Å². The van der Waals surface area contributed by atoms with Crippen molar-refractivity contribution in [1.82, 2.24) is 14.9 Å². The highest BCUT2D eigenvalue weighted by Crippen LogP contribution is 2.39. The lowest BCUT2D eigenvalue weighted by Gasteiger charge is -2.27. The first kappa shape index (κ1) is 25.3. The lowest BCUT2D eigenvalue weighted by atomic mass is 9.85. The number of methoxy groups -OCH3 is 1. The maximum Gasteiger partial charge on any atom is 0.214 e. The number of hydrogen-bond acceptors (Lipinski definition) is 8. The molecule has 0 spiro atoms. The van der Waals surface area contributed by atoms with Crippen LogP contribution >= 0.6 is 11.3 Å². The Bertz CT molecular complexity index is 1350. The van der Waals surface area contributed by atoms with Crippen molar-refractivity contribution in [2.45, 2.75) is 45.3 Å². The summed E-state index contributed by atoms with van der Waals surface area (Å²) in [7, 11) is -1.96. The zero-order valence-corrected chi connectivity index (χ0v) is 21.6. The fourth-order valence-corrected chi connectivity index (χ4v) is 6.27. The number of rotatable bonds is 9. The van der Waals surface area contributed by atoms with Gasteiger partial charge in [-0.1, -0.05) is 29.5 Å². The summed E-state index contributed by atoms with van der Waals surface area (Å²) in [5.41, 5.74) is 4.30. The van der Waals surface area contributed by atoms with Gasteiger partial charge in [0.05, 0.1) is 24.0 Å². The van der Waals surface area contributed by atoms with Crippen LogP contribution in [0, 0.1) is 11.3 Å². The molecule has 0 amide bonds. The second-order valence-electron chi connectivity index (χ2n) is 8.65. The largest absolute Gasteiger partial charge is 0.490 e. The summed E-state index contributed by atoms with van der Waals surface area (Å²) >= 11 is 1.45. The van der Waals surface area contributed by atoms with E-state index in [0.717, 1.165) is 46.5 Å². The van der Waals surface area contributed by atoms with Crippen molar-refractivity contribution in [2.75, 3.05) is 19.5 Å². The zero-order chi connectivity index (χ0) is 25.0. The smallest absolute Gasteiger partial charge is 0.214 e. The number of nitrogens with zero attached hydrogens (tertiary/aromatic N) is 3. The van der Waals surface area contributed by atoms with E-state index < -0.39 is 10.0 Å². The molecule has 35 heavy (non-hydrogen) atoms. The van der Waals surface area contributed by atoms with Gasteiger partial charge in [0.15, 0.2) is 0 Å². The molecule has 0 saturated carbocycles. The number of benzene rings is 2. The fraction of sp³-hybridized carbons (Fsp3) is 0.400. The van der Waals surface area contributed by atoms with Crippen molar-refractivity contribution < 1.29 is 17.9 Å². The molecule has 0 radical (unpaired) electrons. The first-order valence-corrected chi connectivity index (χ1v) is 13.9. The van der Waals surface area contributed by atoms with Crippen LogP contribution < -0.4 is 9.46 Å². The lowest BCUT2D eigenvalue weighted by Crippen LogP contribution is -2.34. The van der Waals surface area contributed by atoms with Gasteiger partial charge in [-0.15, -0.1) is 10.2 Å². The number of nitriles is 1. The Morgan fingerprint density at radius 3 is 2.77 bits per heavy atom. The van der Waals surface area contributed by atoms with Crippen LogP contribution in [0.15, 0.2) is 36.4 Å². The molecule has 0 fully saturated rings. The molecule has 184 valence electrons. The second kappa shape index (κ2) is 10.8. The van der Waals surface area contributed by atoms with Crippen molar-refractivity contribution in [3.8, 4) is 33.0 Å². The van der Waals surface area contributed by atoms with Crippen LogP contribution in [0.1, 0.15) is 49.4 Å². The normalized spacial score (nSPS) is 15.6. The van der Waals surface area contributed by atoms with Gasteiger partial charge >= 0.3 is 0 Å². The van der Waals surface area contributed by atoms with Gasteiger partial charge in [0.25, 0.3) is 0 Å². The molecule has 8 nitrogen and oxygen atoms in total. The standard InChI is InChI=1S/C25H28N4O4S2/c1-16(2)33-23-11-10-17(14-18(23)15-26)24-27-28-25(34-24)21-8-4-7-20-19(21)6-5-9-22(20)29-35(30,31)13-12-32-3/h4,7-8,10-11,14,16,22,29H,5-6,9,12-13H2,1-3H3/t22-/m0/s1. The van der Waals surface area contributed by atoms with Crippen LogP contribution in [0.25, 0.3) is 21.1 Å². The van der Waals surface area contributed by atoms with E-state index in [9.17, 15) is 13.7 Å². The molecule has 10 heteroatoms. The predicted octanol–water partition coefficient (Wildman–Crippen LogP) is 4.47. The Morgan fingerprint density at radius 1 is 1.23 bits per heavy atom. The summed E-state index contributed by atoms with van der Waals surface area (Å²) < 4.78 is 38.4. The van der Waals surface area contributed by atoms with E-state index in [2.05, 4.69) is 21.0 Å². The second-order valence-corrected chi connectivity index (χ2v) is 11.5. The molecule has 1 aromatic heterocycles. The summed E-state index contributed by atoms with van der Waals surface area (Å²) in [5, 5.41) is 19.8. The number of ether oxygens (including phenoxy) is 2. The number of fused-ring (bicyclic) bond motifs is 1. The van der Waals surface area contributed by atoms with Crippen molar-refractivity contribution in [2.24, 2.45) is 0 Å². The lowest BCUT2D eigenvalue weighted by molar-refractivity contribution is 0.216. The maximum absolute atomic E-state index is 12.5. The highest BCUT2D eigenvalue weighted by Gasteiger charge is 2.27. The molecular formula is C25H28N4O4S2. The molecule has 0 aliphatic heterocycles. The molecule has 1 heterocycles. The van der Waals surface area contributed by atoms with Gasteiger partial charge in [0.2, 0.25) is 10.0 Å². The number of sulfonamides is 1. The maximum atomic E-state index is 12.5. The quantitative estimate of drug-likeness (QED) is 0.450. The van der Waals surface area contributed by atoms with E-state index in [0.29, 0.717) is 16.3 Å². The molecule has 0 unspecified atom stereocenters. The SMILES string of the molecule is COCCS(=O)(=O)N[C@H]1CCCc2c(-c3nnc(-c4ccc(OC(C)C)c(C#N)c4)s3)cccc21. The van der Waals surface area contributed by atoms with E-state index in [4.69, 9.17) is 9.47 Å². The first-order valence-electron chi connectivity index (χ1n) is 11.5. The van der Waals surface area contributed by atoms with Gasteiger partial charge in [-0.25, -0.2) is 13.1 Å². The Balaban J connectivity index is 1.63. The summed E-state index contributed by atoms with van der Waals surface area (Å²) in [6, 6.07) is 13.3. The third kappa shape index (κ3) is 5.87. The highest BCUT2D eigenvalue weighted by atomic mass is 32.2. The molecule has 1 aliphatic rings. The monoisotopic (exact) mass is 512 g/mol. The third-order valence-corrected chi connectivity index (χ3v) is 8.10. The average molecular weight is 513 g/mol. The van der Waals surface area contributed by atoms with Gasteiger partial charge in [-0.2, -0.15) is 5.26 Å². The molecule has 1 atom stereocenters. The first-order chi connectivity index (χ1) is 16.8. The number of nitrogens with one attached hydrogen (secondary N) is 1. The van der Waals surface area contributed by atoms with Crippen LogP contribution in [-0.4, -0.2) is 44.2 Å². The highest BCUT2D eigenvalue weighted by molar-refractivity contribution is 7.89. The number of aromatic nitrogens is 2. The van der Waals surface area contributed by atoms with Crippen molar-refractivity contribution in [3.63, 3.8) is 0 Å². The van der Waals surface area contributed by atoms with Crippen molar-refractivity contribution in [3.05, 3.63) is 53.1 Å². The van der Waals surface area contributed by atoms with E-state index in [-0.39, 0.29) is 24.5 Å². The fourth-order valence-electron chi connectivity index (χ4n) is 4.20. The van der Waals surface area contributed by atoms with Gasteiger partial charge in [-0.05, 0) is 62.4 Å². The molecule has 0 bridgehead atoms. The van der Waals surface area contributed by atoms with Crippen LogP contribution in [-0.2, 0) is 21.2 Å². The molecule has 1 aliphatic carbocycles. The molecule has 0 saturated heterocycles. The summed E-state index contributed by atoms with van der Waals surface area (Å²) in [6.45, 7) is 3.99. The molecule has 2 aromatic carbocycles. The van der Waals surface area contributed by atoms with Gasteiger partial charge < -0.3 is 9.47 Å². The van der Waals surface area contributed by atoms with E-state index in [1.807, 2.05) is 38.1 Å². The summed E-state index contributed by atoms with van der Waals surface area (Å²) in [6.07, 6.45) is 2.43. The van der Waals surface area contributed by atoms with Gasteiger partial charge in [0.1, 0.15) is 21.8 Å². The van der Waals surface area contributed by atoms with Crippen LogP contribution in [0.2, 0.25) is 0 Å². The van der Waals surface area contributed by atoms with Crippen molar-refractivity contribution in [1.29, 1.82) is 5.26 Å². The van der Waals surface area contributed by atoms with Crippen LogP contribution in [0.3, 0.4) is 0 Å². The van der Waals surface area contributed by atoms with Crippen molar-refractivity contribution >= 4 is 21.4 Å². The molecule has 3 aromatic rings. The average Bonchev–Trinajstić information content (AvgIpc) is 3.32. The van der Waals surface area contributed by atoms with E-state index in [1.54, 1.807) is 12.1 Å². The van der Waals surface area contributed by atoms with Crippen LogP contribution in [0.5, 0.6) is 5.75 Å².